The molecule has 3 heterocycles. The van der Waals surface area contributed by atoms with E-state index >= 15 is 0 Å². The van der Waals surface area contributed by atoms with Gasteiger partial charge < -0.3 is 9.64 Å². The van der Waals surface area contributed by atoms with Crippen LogP contribution in [-0.2, 0) is 17.7 Å². The van der Waals surface area contributed by atoms with Gasteiger partial charge in [0, 0.05) is 18.5 Å². The summed E-state index contributed by atoms with van der Waals surface area (Å²) in [6, 6.07) is 10.8. The van der Waals surface area contributed by atoms with Crippen molar-refractivity contribution in [3.05, 3.63) is 52.0 Å². The molecule has 1 aromatic carbocycles. The van der Waals surface area contributed by atoms with E-state index in [2.05, 4.69) is 40.2 Å². The van der Waals surface area contributed by atoms with Crippen molar-refractivity contribution in [1.82, 2.24) is 14.8 Å². The van der Waals surface area contributed by atoms with Crippen LogP contribution in [0.25, 0.3) is 0 Å². The van der Waals surface area contributed by atoms with Crippen molar-refractivity contribution >= 4 is 17.2 Å². The first-order chi connectivity index (χ1) is 13.3. The lowest BCUT2D eigenvalue weighted by molar-refractivity contribution is 0.0299. The number of aromatic nitrogens is 1. The zero-order valence-corrected chi connectivity index (χ0v) is 16.5. The van der Waals surface area contributed by atoms with Crippen LogP contribution in [0.4, 0.5) is 0 Å². The molecule has 1 aromatic heterocycles. The number of hydrogen-bond acceptors (Lipinski definition) is 5. The van der Waals surface area contributed by atoms with Gasteiger partial charge in [0.25, 0.3) is 5.91 Å². The molecular weight excluding hydrogens is 358 g/mol. The molecule has 0 atom stereocenters. The Labute approximate surface area is 165 Å². The van der Waals surface area contributed by atoms with Crippen LogP contribution in [0.15, 0.2) is 35.7 Å². The third-order valence-corrected chi connectivity index (χ3v) is 6.34. The second-order valence-corrected chi connectivity index (χ2v) is 8.38. The number of hydrogen-bond donors (Lipinski definition) is 0. The molecule has 1 amide bonds. The molecule has 0 N–H and O–H groups in total. The standard InChI is InChI=1S/C21H27N3O2S/c25-21(24-10-12-26-13-11-24)19-16-27-20(22-19)15-23-8-6-18(7-9-23)14-17-4-2-1-3-5-17/h1-5,16,18H,6-15H2. The van der Waals surface area contributed by atoms with E-state index in [0.29, 0.717) is 32.0 Å². The fourth-order valence-corrected chi connectivity index (χ4v) is 4.71. The van der Waals surface area contributed by atoms with Crippen molar-refractivity contribution in [1.29, 1.82) is 0 Å². The molecule has 5 nitrogen and oxygen atoms in total. The minimum absolute atomic E-state index is 0.0439. The van der Waals surface area contributed by atoms with Crippen LogP contribution in [0, 0.1) is 5.92 Å². The van der Waals surface area contributed by atoms with Crippen molar-refractivity contribution in [2.75, 3.05) is 39.4 Å². The van der Waals surface area contributed by atoms with Gasteiger partial charge in [-0.05, 0) is 43.8 Å². The van der Waals surface area contributed by atoms with Gasteiger partial charge in [-0.3, -0.25) is 9.69 Å². The first kappa shape index (κ1) is 18.6. The minimum atomic E-state index is 0.0439. The van der Waals surface area contributed by atoms with Gasteiger partial charge in [-0.25, -0.2) is 4.98 Å². The highest BCUT2D eigenvalue weighted by atomic mass is 32.1. The maximum Gasteiger partial charge on any atom is 0.273 e. The fraction of sp³-hybridized carbons (Fsp3) is 0.524. The number of nitrogens with zero attached hydrogens (tertiary/aromatic N) is 3. The molecular formula is C21H27N3O2S. The van der Waals surface area contributed by atoms with Crippen molar-refractivity contribution in [3.63, 3.8) is 0 Å². The maximum absolute atomic E-state index is 12.5. The number of likely N-dealkylation sites (tertiary alicyclic amines) is 1. The number of piperidine rings is 1. The molecule has 0 aliphatic carbocycles. The number of carbonyl (C=O) groups is 1. The second-order valence-electron chi connectivity index (χ2n) is 7.44. The quantitative estimate of drug-likeness (QED) is 0.794. The van der Waals surface area contributed by atoms with Gasteiger partial charge in [0.2, 0.25) is 0 Å². The van der Waals surface area contributed by atoms with Crippen LogP contribution in [0.5, 0.6) is 0 Å². The van der Waals surface area contributed by atoms with Crippen LogP contribution in [0.1, 0.15) is 33.9 Å². The monoisotopic (exact) mass is 385 g/mol. The van der Waals surface area contributed by atoms with Gasteiger partial charge in [-0.15, -0.1) is 11.3 Å². The smallest absolute Gasteiger partial charge is 0.273 e. The summed E-state index contributed by atoms with van der Waals surface area (Å²) < 4.78 is 5.32. The Hall–Kier alpha value is -1.76. The first-order valence-corrected chi connectivity index (χ1v) is 10.7. The average molecular weight is 386 g/mol. The van der Waals surface area contributed by atoms with E-state index in [4.69, 9.17) is 4.74 Å². The second kappa shape index (κ2) is 8.95. The Kier molecular flexibility index (Phi) is 6.17. The lowest BCUT2D eigenvalue weighted by Crippen LogP contribution is -2.40. The number of carbonyl (C=O) groups excluding carboxylic acids is 1. The summed E-state index contributed by atoms with van der Waals surface area (Å²) in [5, 5.41) is 2.96. The zero-order chi connectivity index (χ0) is 18.5. The first-order valence-electron chi connectivity index (χ1n) is 9.85. The summed E-state index contributed by atoms with van der Waals surface area (Å²) in [5.74, 6) is 0.820. The average Bonchev–Trinajstić information content (AvgIpc) is 3.19. The van der Waals surface area contributed by atoms with Gasteiger partial charge in [0.1, 0.15) is 10.7 Å². The molecule has 2 aromatic rings. The molecule has 0 unspecified atom stereocenters. The number of rotatable bonds is 5. The normalized spacial score (nSPS) is 19.3. The highest BCUT2D eigenvalue weighted by molar-refractivity contribution is 7.09. The summed E-state index contributed by atoms with van der Waals surface area (Å²) in [5.41, 5.74) is 2.04. The number of thiazole rings is 1. The number of benzene rings is 1. The van der Waals surface area contributed by atoms with Gasteiger partial charge in [0.05, 0.1) is 19.8 Å². The summed E-state index contributed by atoms with van der Waals surface area (Å²) in [6.45, 7) is 5.68. The molecule has 4 rings (SSSR count). The van der Waals surface area contributed by atoms with E-state index in [9.17, 15) is 4.79 Å². The molecule has 2 aliphatic rings. The topological polar surface area (TPSA) is 45.7 Å². The van der Waals surface area contributed by atoms with E-state index < -0.39 is 0 Å². The Morgan fingerprint density at radius 3 is 2.59 bits per heavy atom. The molecule has 144 valence electrons. The Bertz CT molecular complexity index is 735. The molecule has 2 fully saturated rings. The van der Waals surface area contributed by atoms with E-state index in [1.165, 1.54) is 24.8 Å². The molecule has 0 saturated carbocycles. The fourth-order valence-electron chi connectivity index (χ4n) is 3.90. The number of amides is 1. The summed E-state index contributed by atoms with van der Waals surface area (Å²) in [7, 11) is 0. The van der Waals surface area contributed by atoms with Gasteiger partial charge >= 0.3 is 0 Å². The zero-order valence-electron chi connectivity index (χ0n) is 15.7. The molecule has 2 aliphatic heterocycles. The predicted molar refractivity (Wildman–Crippen MR) is 107 cm³/mol. The molecule has 6 heteroatoms. The SMILES string of the molecule is O=C(c1csc(CN2CCC(Cc3ccccc3)CC2)n1)N1CCOCC1. The lowest BCUT2D eigenvalue weighted by atomic mass is 9.90. The van der Waals surface area contributed by atoms with Gasteiger partial charge in [-0.2, -0.15) is 0 Å². The highest BCUT2D eigenvalue weighted by Crippen LogP contribution is 2.23. The Balaban J connectivity index is 1.26. The van der Waals surface area contributed by atoms with Crippen LogP contribution < -0.4 is 0 Å². The third kappa shape index (κ3) is 4.94. The van der Waals surface area contributed by atoms with E-state index in [1.54, 1.807) is 11.3 Å². The van der Waals surface area contributed by atoms with Crippen LogP contribution in [0.2, 0.25) is 0 Å². The van der Waals surface area contributed by atoms with E-state index in [-0.39, 0.29) is 5.91 Å². The van der Waals surface area contributed by atoms with E-state index in [0.717, 1.165) is 30.6 Å². The van der Waals surface area contributed by atoms with Crippen molar-refractivity contribution < 1.29 is 9.53 Å². The van der Waals surface area contributed by atoms with Crippen molar-refractivity contribution in [3.8, 4) is 0 Å². The van der Waals surface area contributed by atoms with Gasteiger partial charge in [-0.1, -0.05) is 30.3 Å². The lowest BCUT2D eigenvalue weighted by Gasteiger charge is -2.31. The van der Waals surface area contributed by atoms with Crippen LogP contribution in [-0.4, -0.2) is 60.1 Å². The Morgan fingerprint density at radius 2 is 1.85 bits per heavy atom. The predicted octanol–water partition coefficient (Wildman–Crippen LogP) is 3.07. The molecule has 27 heavy (non-hydrogen) atoms. The molecule has 2 saturated heterocycles. The summed E-state index contributed by atoms with van der Waals surface area (Å²) in [4.78, 5) is 21.5. The summed E-state index contributed by atoms with van der Waals surface area (Å²) in [6.07, 6.45) is 3.66. The number of ether oxygens (including phenoxy) is 1. The maximum atomic E-state index is 12.5. The molecule has 0 spiro atoms. The van der Waals surface area contributed by atoms with Crippen molar-refractivity contribution in [2.24, 2.45) is 5.92 Å². The minimum Gasteiger partial charge on any atom is -0.378 e. The highest BCUT2D eigenvalue weighted by Gasteiger charge is 2.23. The Morgan fingerprint density at radius 1 is 1.11 bits per heavy atom. The molecule has 0 radical (unpaired) electrons. The van der Waals surface area contributed by atoms with Crippen molar-refractivity contribution in [2.45, 2.75) is 25.8 Å². The largest absolute Gasteiger partial charge is 0.378 e. The third-order valence-electron chi connectivity index (χ3n) is 5.50. The number of morpholine rings is 1. The van der Waals surface area contributed by atoms with Crippen LogP contribution >= 0.6 is 11.3 Å². The van der Waals surface area contributed by atoms with Gasteiger partial charge in [0.15, 0.2) is 0 Å². The van der Waals surface area contributed by atoms with Crippen LogP contribution in [0.3, 0.4) is 0 Å². The molecule has 0 bridgehead atoms. The van der Waals surface area contributed by atoms with E-state index in [1.807, 2.05) is 10.3 Å². The summed E-state index contributed by atoms with van der Waals surface area (Å²) >= 11 is 1.61.